The van der Waals surface area contributed by atoms with E-state index in [0.29, 0.717) is 28.6 Å². The fourth-order valence-corrected chi connectivity index (χ4v) is 4.24. The molecule has 1 atom stereocenters. The molecule has 0 saturated carbocycles. The van der Waals surface area contributed by atoms with Crippen LogP contribution in [0.4, 0.5) is 18.9 Å². The Kier molecular flexibility index (Phi) is 7.51. The lowest BCUT2D eigenvalue weighted by molar-refractivity contribution is -0.137. The van der Waals surface area contributed by atoms with E-state index in [-0.39, 0.29) is 16.1 Å². The Morgan fingerprint density at radius 1 is 1.16 bits per heavy atom. The molecule has 0 aromatic heterocycles. The number of benzene rings is 2. The molecule has 32 heavy (non-hydrogen) atoms. The lowest BCUT2D eigenvalue weighted by Gasteiger charge is -2.17. The molecule has 170 valence electrons. The molecule has 2 aromatic rings. The number of halogens is 3. The van der Waals surface area contributed by atoms with Crippen LogP contribution in [0.3, 0.4) is 0 Å². The van der Waals surface area contributed by atoms with Crippen LogP contribution in [0.15, 0.2) is 47.4 Å². The van der Waals surface area contributed by atoms with Crippen molar-refractivity contribution in [1.29, 1.82) is 0 Å². The molecule has 1 saturated heterocycles. The van der Waals surface area contributed by atoms with Gasteiger partial charge in [-0.05, 0) is 62.2 Å². The molecule has 1 fully saturated rings. The van der Waals surface area contributed by atoms with Crippen LogP contribution in [0.5, 0.6) is 11.5 Å². The van der Waals surface area contributed by atoms with Crippen molar-refractivity contribution in [2.75, 3.05) is 11.5 Å². The number of carbonyl (C=O) groups excluding carboxylic acids is 1. The SMILES string of the molecule is CCOc1cc(/C=C2\SC(=S)N(c3cccc(C(F)(F)F)c3)C2=O)ccc1O[C@@H](C)CC. The number of thiocarbonyl (C=S) groups is 1. The maximum absolute atomic E-state index is 13.1. The normalized spacial score (nSPS) is 16.6. The average molecular weight is 482 g/mol. The van der Waals surface area contributed by atoms with Gasteiger partial charge in [0.2, 0.25) is 0 Å². The summed E-state index contributed by atoms with van der Waals surface area (Å²) >= 11 is 6.32. The van der Waals surface area contributed by atoms with Crippen molar-refractivity contribution in [2.24, 2.45) is 0 Å². The van der Waals surface area contributed by atoms with Gasteiger partial charge in [0.05, 0.1) is 28.9 Å². The molecular weight excluding hydrogens is 459 g/mol. The van der Waals surface area contributed by atoms with Gasteiger partial charge in [0.15, 0.2) is 15.8 Å². The number of ether oxygens (including phenoxy) is 2. The van der Waals surface area contributed by atoms with E-state index >= 15 is 0 Å². The molecule has 3 rings (SSSR count). The van der Waals surface area contributed by atoms with Crippen LogP contribution in [-0.2, 0) is 11.0 Å². The first-order valence-corrected chi connectivity index (χ1v) is 11.2. The van der Waals surface area contributed by atoms with E-state index in [0.717, 1.165) is 35.2 Å². The molecule has 0 radical (unpaired) electrons. The Morgan fingerprint density at radius 3 is 2.56 bits per heavy atom. The van der Waals surface area contributed by atoms with Gasteiger partial charge in [0, 0.05) is 0 Å². The minimum absolute atomic E-state index is 0.0174. The molecule has 0 aliphatic carbocycles. The number of thioether (sulfide) groups is 1. The van der Waals surface area contributed by atoms with E-state index in [9.17, 15) is 18.0 Å². The Labute approximate surface area is 194 Å². The molecule has 0 bridgehead atoms. The summed E-state index contributed by atoms with van der Waals surface area (Å²) in [5.41, 5.74) is -0.0705. The Balaban J connectivity index is 1.90. The van der Waals surface area contributed by atoms with E-state index in [1.54, 1.807) is 24.3 Å². The van der Waals surface area contributed by atoms with Crippen molar-refractivity contribution in [1.82, 2.24) is 0 Å². The van der Waals surface area contributed by atoms with Gasteiger partial charge in [-0.1, -0.05) is 43.0 Å². The first-order valence-electron chi connectivity index (χ1n) is 10.0. The predicted octanol–water partition coefficient (Wildman–Crippen LogP) is 6.69. The zero-order valence-electron chi connectivity index (χ0n) is 17.7. The topological polar surface area (TPSA) is 38.8 Å². The number of hydrogen-bond acceptors (Lipinski definition) is 5. The highest BCUT2D eigenvalue weighted by molar-refractivity contribution is 8.27. The minimum atomic E-state index is -4.51. The van der Waals surface area contributed by atoms with Gasteiger partial charge in [0.25, 0.3) is 5.91 Å². The van der Waals surface area contributed by atoms with Crippen LogP contribution in [-0.4, -0.2) is 22.9 Å². The van der Waals surface area contributed by atoms with E-state index in [1.807, 2.05) is 20.8 Å². The second kappa shape index (κ2) is 9.95. The Bertz CT molecular complexity index is 1050. The second-order valence-electron chi connectivity index (χ2n) is 7.04. The highest BCUT2D eigenvalue weighted by Crippen LogP contribution is 2.39. The first kappa shape index (κ1) is 24.1. The summed E-state index contributed by atoms with van der Waals surface area (Å²) in [5, 5.41) is 0. The quantitative estimate of drug-likeness (QED) is 0.326. The summed E-state index contributed by atoms with van der Waals surface area (Å²) in [4.78, 5) is 14.4. The van der Waals surface area contributed by atoms with Crippen LogP contribution < -0.4 is 14.4 Å². The average Bonchev–Trinajstić information content (AvgIpc) is 3.02. The molecule has 1 aliphatic rings. The largest absolute Gasteiger partial charge is 0.490 e. The van der Waals surface area contributed by atoms with Gasteiger partial charge in [-0.2, -0.15) is 13.2 Å². The fourth-order valence-electron chi connectivity index (χ4n) is 2.94. The molecule has 4 nitrogen and oxygen atoms in total. The van der Waals surface area contributed by atoms with Crippen molar-refractivity contribution in [3.8, 4) is 11.5 Å². The summed E-state index contributed by atoms with van der Waals surface area (Å²) in [7, 11) is 0. The molecule has 9 heteroatoms. The summed E-state index contributed by atoms with van der Waals surface area (Å²) in [6, 6.07) is 9.88. The number of nitrogens with zero attached hydrogens (tertiary/aromatic N) is 1. The van der Waals surface area contributed by atoms with Crippen molar-refractivity contribution >= 4 is 46.0 Å². The Morgan fingerprint density at radius 2 is 1.91 bits per heavy atom. The van der Waals surface area contributed by atoms with Crippen molar-refractivity contribution in [3.05, 3.63) is 58.5 Å². The number of hydrogen-bond donors (Lipinski definition) is 0. The van der Waals surface area contributed by atoms with E-state index in [1.165, 1.54) is 12.1 Å². The lowest BCUT2D eigenvalue weighted by Crippen LogP contribution is -2.27. The molecule has 1 amide bonds. The van der Waals surface area contributed by atoms with E-state index in [4.69, 9.17) is 21.7 Å². The second-order valence-corrected chi connectivity index (χ2v) is 8.72. The third-order valence-corrected chi connectivity index (χ3v) is 6.00. The van der Waals surface area contributed by atoms with Gasteiger partial charge >= 0.3 is 6.18 Å². The summed E-state index contributed by atoms with van der Waals surface area (Å²) in [5.74, 6) is 0.682. The van der Waals surface area contributed by atoms with Crippen molar-refractivity contribution in [3.63, 3.8) is 0 Å². The molecular formula is C23H22F3NO3S2. The number of alkyl halides is 3. The number of rotatable bonds is 7. The molecule has 1 heterocycles. The van der Waals surface area contributed by atoms with Gasteiger partial charge in [-0.3, -0.25) is 9.69 Å². The standard InChI is InChI=1S/C23H22F3NO3S2/c1-4-14(3)30-18-10-9-15(11-19(18)29-5-2)12-20-21(28)27(22(31)32-20)17-8-6-7-16(13-17)23(24,25)26/h6-14H,4-5H2,1-3H3/b20-12-/t14-/m0/s1. The van der Waals surface area contributed by atoms with Crippen LogP contribution in [0.25, 0.3) is 6.08 Å². The number of amides is 1. The minimum Gasteiger partial charge on any atom is -0.490 e. The zero-order valence-corrected chi connectivity index (χ0v) is 19.4. The predicted molar refractivity (Wildman–Crippen MR) is 125 cm³/mol. The van der Waals surface area contributed by atoms with Crippen LogP contribution in [0.2, 0.25) is 0 Å². The van der Waals surface area contributed by atoms with Crippen LogP contribution >= 0.6 is 24.0 Å². The molecule has 2 aromatic carbocycles. The fraction of sp³-hybridized carbons (Fsp3) is 0.304. The van der Waals surface area contributed by atoms with Gasteiger partial charge in [-0.25, -0.2) is 0 Å². The van der Waals surface area contributed by atoms with Gasteiger partial charge in [-0.15, -0.1) is 0 Å². The van der Waals surface area contributed by atoms with Crippen molar-refractivity contribution < 1.29 is 27.4 Å². The lowest BCUT2D eigenvalue weighted by atomic mass is 10.1. The number of anilines is 1. The monoisotopic (exact) mass is 481 g/mol. The molecule has 1 aliphatic heterocycles. The van der Waals surface area contributed by atoms with Crippen LogP contribution in [0.1, 0.15) is 38.3 Å². The van der Waals surface area contributed by atoms with E-state index in [2.05, 4.69) is 0 Å². The molecule has 0 N–H and O–H groups in total. The number of carbonyl (C=O) groups is 1. The zero-order chi connectivity index (χ0) is 23.5. The summed E-state index contributed by atoms with van der Waals surface area (Å²) in [6.07, 6.45) is -2.02. The highest BCUT2D eigenvalue weighted by Gasteiger charge is 2.36. The maximum atomic E-state index is 13.1. The first-order chi connectivity index (χ1) is 15.1. The Hall–Kier alpha value is -2.52. The van der Waals surface area contributed by atoms with Gasteiger partial charge in [0.1, 0.15) is 0 Å². The van der Waals surface area contributed by atoms with Crippen LogP contribution in [0, 0.1) is 0 Å². The summed E-state index contributed by atoms with van der Waals surface area (Å²) < 4.78 is 51.0. The van der Waals surface area contributed by atoms with Gasteiger partial charge < -0.3 is 9.47 Å². The smallest absolute Gasteiger partial charge is 0.416 e. The third-order valence-electron chi connectivity index (χ3n) is 4.69. The van der Waals surface area contributed by atoms with Crippen molar-refractivity contribution in [2.45, 2.75) is 39.5 Å². The highest BCUT2D eigenvalue weighted by atomic mass is 32.2. The molecule has 0 spiro atoms. The van der Waals surface area contributed by atoms with E-state index < -0.39 is 17.6 Å². The third kappa shape index (κ3) is 5.45. The summed E-state index contributed by atoms with van der Waals surface area (Å²) in [6.45, 7) is 6.28. The molecule has 0 unspecified atom stereocenters. The maximum Gasteiger partial charge on any atom is 0.416 e.